The Hall–Kier alpha value is -0.691. The van der Waals surface area contributed by atoms with Gasteiger partial charge in [-0.1, -0.05) is 0 Å². The van der Waals surface area contributed by atoms with Crippen LogP contribution in [0.2, 0.25) is 0 Å². The Morgan fingerprint density at radius 3 is 1.15 bits per heavy atom. The molecule has 0 aromatic heterocycles. The molecule has 1 heterocycles. The molecular weight excluding hydrogens is 399 g/mol. The van der Waals surface area contributed by atoms with Crippen molar-refractivity contribution in [1.29, 1.82) is 0 Å². The molecule has 1 aliphatic heterocycles. The van der Waals surface area contributed by atoms with Crippen LogP contribution >= 0.6 is 11.8 Å². The van der Waals surface area contributed by atoms with Gasteiger partial charge in [-0.2, -0.15) is 0 Å². The van der Waals surface area contributed by atoms with E-state index < -0.39 is 0 Å². The van der Waals surface area contributed by atoms with Crippen LogP contribution in [0.25, 0.3) is 0 Å². The Labute approximate surface area is 170 Å². The zero-order chi connectivity index (χ0) is 19.2. The van der Waals surface area contributed by atoms with Crippen molar-refractivity contribution in [3.63, 3.8) is 0 Å². The molecule has 0 unspecified atom stereocenters. The Morgan fingerprint density at radius 2 is 0.846 bits per heavy atom. The molecule has 2 aromatic carbocycles. The van der Waals surface area contributed by atoms with Crippen molar-refractivity contribution in [2.75, 3.05) is 0 Å². The van der Waals surface area contributed by atoms with Gasteiger partial charge in [-0.15, -0.1) is 0 Å². The molecule has 0 atom stereocenters. The minimum absolute atomic E-state index is 0.394. The minimum atomic E-state index is 0.394. The quantitative estimate of drug-likeness (QED) is 0.437. The average molecular weight is 432 g/mol. The van der Waals surface area contributed by atoms with Gasteiger partial charge in [0.25, 0.3) is 0 Å². The van der Waals surface area contributed by atoms with Crippen LogP contribution in [0.3, 0.4) is 0 Å². The summed E-state index contributed by atoms with van der Waals surface area (Å²) in [5.41, 5.74) is 6.19. The Bertz CT molecular complexity index is 680. The van der Waals surface area contributed by atoms with Gasteiger partial charge < -0.3 is 0 Å². The second kappa shape index (κ2) is 7.74. The summed E-state index contributed by atoms with van der Waals surface area (Å²) in [5.74, 6) is 2.32. The molecule has 26 heavy (non-hydrogen) atoms. The van der Waals surface area contributed by atoms with E-state index in [1.807, 2.05) is 0 Å². The molecule has 0 radical (unpaired) electrons. The number of fused-ring (bicyclic) bond motifs is 2. The van der Waals surface area contributed by atoms with Crippen LogP contribution in [0.4, 0.5) is 0 Å². The fourth-order valence-corrected chi connectivity index (χ4v) is 9.14. The van der Waals surface area contributed by atoms with Gasteiger partial charge in [0.05, 0.1) is 0 Å². The summed E-state index contributed by atoms with van der Waals surface area (Å²) in [7, 11) is 0. The van der Waals surface area contributed by atoms with E-state index in [1.165, 1.54) is 11.1 Å². The van der Waals surface area contributed by atoms with E-state index in [-0.39, 0.29) is 0 Å². The standard InChI is InChI=1S/C24H32SSe/c1-13(2)17-9-11-19(15(5)6)23-21(17)25-22-18(14(3)4)10-12-20(16(7)8)24(22)26-23/h9-16H,1-8H3. The van der Waals surface area contributed by atoms with Crippen molar-refractivity contribution in [1.82, 2.24) is 0 Å². The van der Waals surface area contributed by atoms with Gasteiger partial charge in [0.15, 0.2) is 0 Å². The fraction of sp³-hybridized carbons (Fsp3) is 0.500. The van der Waals surface area contributed by atoms with Gasteiger partial charge in [-0.25, -0.2) is 0 Å². The zero-order valence-electron chi connectivity index (χ0n) is 17.4. The normalized spacial score (nSPS) is 13.7. The number of hydrogen-bond acceptors (Lipinski definition) is 1. The summed E-state index contributed by atoms with van der Waals surface area (Å²) in [6.45, 7) is 18.7. The second-order valence-electron chi connectivity index (χ2n) is 8.63. The molecule has 0 fully saturated rings. The first-order valence-corrected chi connectivity index (χ1v) is 12.4. The fourth-order valence-electron chi connectivity index (χ4n) is 3.63. The van der Waals surface area contributed by atoms with Gasteiger partial charge in [-0.05, 0) is 0 Å². The molecule has 0 saturated carbocycles. The van der Waals surface area contributed by atoms with E-state index in [1.54, 1.807) is 29.8 Å². The molecule has 0 aliphatic carbocycles. The first-order valence-electron chi connectivity index (χ1n) is 9.91. The van der Waals surface area contributed by atoms with Crippen molar-refractivity contribution in [3.05, 3.63) is 46.5 Å². The zero-order valence-corrected chi connectivity index (χ0v) is 20.0. The number of benzene rings is 2. The molecule has 1 aliphatic rings. The Balaban J connectivity index is 2.27. The maximum absolute atomic E-state index is 2.41. The first kappa shape index (κ1) is 20.1. The summed E-state index contributed by atoms with van der Waals surface area (Å²) in [6.07, 6.45) is 0. The number of hydrogen-bond donors (Lipinski definition) is 0. The molecule has 2 heteroatoms. The third-order valence-electron chi connectivity index (χ3n) is 5.24. The van der Waals surface area contributed by atoms with Gasteiger partial charge in [-0.3, -0.25) is 0 Å². The van der Waals surface area contributed by atoms with Crippen LogP contribution in [0.15, 0.2) is 34.1 Å². The third-order valence-corrected chi connectivity index (χ3v) is 9.82. The first-order chi connectivity index (χ1) is 12.2. The molecular formula is C24H32SSe. The Kier molecular flexibility index (Phi) is 5.97. The SMILES string of the molecule is CC(C)c1ccc(C(C)C)c2c1Sc1c(C(C)C)ccc(C(C)C)c1[Se]2. The molecule has 0 N–H and O–H groups in total. The summed E-state index contributed by atoms with van der Waals surface area (Å²) >= 11 is 2.46. The summed E-state index contributed by atoms with van der Waals surface area (Å²) in [6, 6.07) is 9.61. The molecule has 2 aromatic rings. The van der Waals surface area contributed by atoms with Crippen molar-refractivity contribution in [2.24, 2.45) is 0 Å². The third kappa shape index (κ3) is 3.53. The van der Waals surface area contributed by atoms with Gasteiger partial charge in [0.2, 0.25) is 0 Å². The molecule has 0 bridgehead atoms. The molecule has 0 saturated heterocycles. The predicted molar refractivity (Wildman–Crippen MR) is 118 cm³/mol. The monoisotopic (exact) mass is 432 g/mol. The van der Waals surface area contributed by atoms with Crippen molar-refractivity contribution >= 4 is 35.6 Å². The van der Waals surface area contributed by atoms with Crippen molar-refractivity contribution < 1.29 is 0 Å². The topological polar surface area (TPSA) is 0 Å². The van der Waals surface area contributed by atoms with Crippen molar-refractivity contribution in [2.45, 2.75) is 88.9 Å². The van der Waals surface area contributed by atoms with Gasteiger partial charge in [0.1, 0.15) is 0 Å². The van der Waals surface area contributed by atoms with Gasteiger partial charge in [0, 0.05) is 0 Å². The van der Waals surface area contributed by atoms with Crippen LogP contribution in [0, 0.1) is 0 Å². The van der Waals surface area contributed by atoms with Crippen molar-refractivity contribution in [3.8, 4) is 0 Å². The van der Waals surface area contributed by atoms with Crippen LogP contribution in [0.5, 0.6) is 0 Å². The Morgan fingerprint density at radius 1 is 0.538 bits per heavy atom. The van der Waals surface area contributed by atoms with E-state index >= 15 is 0 Å². The molecule has 140 valence electrons. The summed E-state index contributed by atoms with van der Waals surface area (Å²) in [4.78, 5) is 3.14. The number of rotatable bonds is 4. The average Bonchev–Trinajstić information content (AvgIpc) is 2.57. The van der Waals surface area contributed by atoms with Crippen LogP contribution in [0.1, 0.15) is 101 Å². The van der Waals surface area contributed by atoms with E-state index in [0.717, 1.165) is 0 Å². The molecule has 0 nitrogen and oxygen atoms in total. The van der Waals surface area contributed by atoms with E-state index in [4.69, 9.17) is 0 Å². The second-order valence-corrected chi connectivity index (χ2v) is 11.8. The summed E-state index contributed by atoms with van der Waals surface area (Å²) in [5, 5.41) is 0. The van der Waals surface area contributed by atoms with Gasteiger partial charge >= 0.3 is 171 Å². The maximum atomic E-state index is 2.41. The van der Waals surface area contributed by atoms with E-state index in [9.17, 15) is 0 Å². The van der Waals surface area contributed by atoms with Crippen LogP contribution < -0.4 is 8.92 Å². The molecule has 0 spiro atoms. The van der Waals surface area contributed by atoms with Crippen LogP contribution in [-0.4, -0.2) is 15.0 Å². The predicted octanol–water partition coefficient (Wildman–Crippen LogP) is 6.30. The van der Waals surface area contributed by atoms with E-state index in [0.29, 0.717) is 38.6 Å². The molecule has 3 rings (SSSR count). The van der Waals surface area contributed by atoms with Crippen LogP contribution in [-0.2, 0) is 0 Å². The molecule has 0 amide bonds. The summed E-state index contributed by atoms with van der Waals surface area (Å²) < 4.78 is 3.30. The van der Waals surface area contributed by atoms with E-state index in [2.05, 4.69) is 91.4 Å².